The molecule has 9 nitrogen and oxygen atoms in total. The second-order valence-corrected chi connectivity index (χ2v) is 15.9. The maximum atomic E-state index is 14.8. The molecule has 6 rings (SSSR count). The van der Waals surface area contributed by atoms with Gasteiger partial charge in [0.1, 0.15) is 11.4 Å². The highest BCUT2D eigenvalue weighted by atomic mass is 16.2. The van der Waals surface area contributed by atoms with E-state index in [9.17, 15) is 9.59 Å². The summed E-state index contributed by atoms with van der Waals surface area (Å²) in [6.07, 6.45) is 7.98. The number of amides is 2. The van der Waals surface area contributed by atoms with Crippen LogP contribution in [0, 0.1) is 16.7 Å². The molecular formula is C37H49N7O2. The highest BCUT2D eigenvalue weighted by Gasteiger charge is 2.52. The second kappa shape index (κ2) is 12.4. The molecule has 2 amide bonds. The number of carbonyl (C=O) groups excluding carboxylic acids is 2. The van der Waals surface area contributed by atoms with Crippen molar-refractivity contribution < 1.29 is 9.59 Å². The first-order chi connectivity index (χ1) is 21.8. The van der Waals surface area contributed by atoms with Crippen molar-refractivity contribution in [3.63, 3.8) is 0 Å². The van der Waals surface area contributed by atoms with Gasteiger partial charge in [-0.05, 0) is 103 Å². The molecule has 2 fully saturated rings. The molecule has 244 valence electrons. The summed E-state index contributed by atoms with van der Waals surface area (Å²) in [5.41, 5.74) is 4.17. The number of nitrogens with one attached hydrogen (secondary N) is 2. The molecule has 1 spiro atoms. The van der Waals surface area contributed by atoms with Crippen molar-refractivity contribution in [1.29, 1.82) is 0 Å². The van der Waals surface area contributed by atoms with Crippen LogP contribution in [0.5, 0.6) is 0 Å². The van der Waals surface area contributed by atoms with E-state index in [0.29, 0.717) is 28.9 Å². The van der Waals surface area contributed by atoms with E-state index in [-0.39, 0.29) is 35.2 Å². The van der Waals surface area contributed by atoms with Gasteiger partial charge in [-0.15, -0.1) is 10.2 Å². The van der Waals surface area contributed by atoms with Crippen LogP contribution in [0.25, 0.3) is 0 Å². The van der Waals surface area contributed by atoms with Crippen LogP contribution in [0.2, 0.25) is 0 Å². The van der Waals surface area contributed by atoms with Crippen LogP contribution in [-0.4, -0.2) is 48.7 Å². The summed E-state index contributed by atoms with van der Waals surface area (Å²) in [6.45, 7) is 13.9. The lowest BCUT2D eigenvalue weighted by atomic mass is 9.69. The van der Waals surface area contributed by atoms with Gasteiger partial charge in [0.05, 0.1) is 12.6 Å². The van der Waals surface area contributed by atoms with Gasteiger partial charge in [0.2, 0.25) is 0 Å². The molecule has 0 unspecified atom stereocenters. The molecule has 1 aromatic heterocycles. The van der Waals surface area contributed by atoms with Crippen molar-refractivity contribution in [1.82, 2.24) is 30.8 Å². The van der Waals surface area contributed by atoms with Gasteiger partial charge in [-0.3, -0.25) is 14.6 Å². The van der Waals surface area contributed by atoms with Gasteiger partial charge in [-0.2, -0.15) is 5.21 Å². The van der Waals surface area contributed by atoms with E-state index in [2.05, 4.69) is 96.6 Å². The number of hydrogen-bond donors (Lipinski definition) is 2. The second-order valence-electron chi connectivity index (χ2n) is 15.9. The van der Waals surface area contributed by atoms with E-state index in [0.717, 1.165) is 49.7 Å². The first kappa shape index (κ1) is 32.1. The maximum Gasteiger partial charge on any atom is 0.275 e. The van der Waals surface area contributed by atoms with Gasteiger partial charge < -0.3 is 10.2 Å². The minimum Gasteiger partial charge on any atom is -0.345 e. The van der Waals surface area contributed by atoms with Crippen molar-refractivity contribution >= 4 is 17.5 Å². The van der Waals surface area contributed by atoms with Crippen molar-refractivity contribution in [3.8, 4) is 0 Å². The van der Waals surface area contributed by atoms with Crippen LogP contribution >= 0.6 is 0 Å². The number of tetrazole rings is 1. The van der Waals surface area contributed by atoms with E-state index < -0.39 is 5.66 Å². The number of H-pyrrole nitrogens is 1. The minimum atomic E-state index is -0.576. The first-order valence-electron chi connectivity index (χ1n) is 17.0. The number of benzene rings is 2. The van der Waals surface area contributed by atoms with Crippen LogP contribution in [0.4, 0.5) is 0 Å². The highest BCUT2D eigenvalue weighted by Crippen LogP contribution is 2.50. The molecule has 46 heavy (non-hydrogen) atoms. The molecule has 2 aromatic carbocycles. The lowest BCUT2D eigenvalue weighted by Gasteiger charge is -2.47. The third kappa shape index (κ3) is 6.93. The Labute approximate surface area is 273 Å². The highest BCUT2D eigenvalue weighted by molar-refractivity contribution is 6.46. The van der Waals surface area contributed by atoms with Crippen molar-refractivity contribution in [2.75, 3.05) is 0 Å². The number of carbonyl (C=O) groups is 2. The quantitative estimate of drug-likeness (QED) is 0.263. The smallest absolute Gasteiger partial charge is 0.275 e. The molecule has 2 N–H and O–H groups in total. The Hall–Kier alpha value is -3.88. The zero-order valence-corrected chi connectivity index (χ0v) is 28.3. The number of aromatic amines is 1. The Bertz CT molecular complexity index is 1570. The van der Waals surface area contributed by atoms with Crippen molar-refractivity contribution in [2.45, 2.75) is 117 Å². The molecule has 1 aliphatic heterocycles. The number of rotatable bonds is 9. The zero-order chi connectivity index (χ0) is 32.7. The normalized spacial score (nSPS) is 22.7. The number of hydrogen-bond acceptors (Lipinski definition) is 6. The Kier molecular flexibility index (Phi) is 8.63. The molecule has 0 bridgehead atoms. The first-order valence-corrected chi connectivity index (χ1v) is 17.0. The number of aliphatic imine (C=N–C) groups is 1. The molecule has 0 radical (unpaired) electrons. The summed E-state index contributed by atoms with van der Waals surface area (Å²) in [7, 11) is 0. The zero-order valence-electron chi connectivity index (χ0n) is 28.3. The Balaban J connectivity index is 1.34. The van der Waals surface area contributed by atoms with E-state index >= 15 is 0 Å². The summed E-state index contributed by atoms with van der Waals surface area (Å²) in [4.78, 5) is 35.3. The topological polar surface area (TPSA) is 116 Å². The molecule has 2 heterocycles. The Morgan fingerprint density at radius 3 is 2.35 bits per heavy atom. The molecule has 2 aliphatic carbocycles. The molecule has 1 atom stereocenters. The predicted octanol–water partition coefficient (Wildman–Crippen LogP) is 7.14. The van der Waals surface area contributed by atoms with Gasteiger partial charge in [-0.25, -0.2) is 0 Å². The van der Waals surface area contributed by atoms with Crippen LogP contribution in [0.1, 0.15) is 138 Å². The molecule has 9 heteroatoms. The van der Waals surface area contributed by atoms with E-state index in [1.807, 2.05) is 24.3 Å². The van der Waals surface area contributed by atoms with Gasteiger partial charge in [0.15, 0.2) is 5.82 Å². The Morgan fingerprint density at radius 2 is 1.74 bits per heavy atom. The molecule has 3 aromatic rings. The fraction of sp³-hybridized carbons (Fsp3) is 0.568. The average Bonchev–Trinajstić information content (AvgIpc) is 3.67. The summed E-state index contributed by atoms with van der Waals surface area (Å²) >= 11 is 0. The van der Waals surface area contributed by atoms with Gasteiger partial charge in [0.25, 0.3) is 11.8 Å². The molecular weight excluding hydrogens is 574 g/mol. The summed E-state index contributed by atoms with van der Waals surface area (Å²) < 4.78 is 0. The fourth-order valence-corrected chi connectivity index (χ4v) is 7.28. The lowest BCUT2D eigenvalue weighted by Crippen LogP contribution is -2.51. The van der Waals surface area contributed by atoms with Crippen LogP contribution in [0.15, 0.2) is 53.5 Å². The SMILES string of the molecule is CC(C)(C)CC[C@H](c1ccc(C(=O)NCc2nn[nH]n2)cc1)N1C(=O)C(c2cccc(C3CC3)c2)=NC12CCC(C(C)(C)C)CC2. The maximum absolute atomic E-state index is 14.8. The summed E-state index contributed by atoms with van der Waals surface area (Å²) in [5.74, 6) is 1.43. The lowest BCUT2D eigenvalue weighted by molar-refractivity contribution is -0.134. The monoisotopic (exact) mass is 623 g/mol. The fourth-order valence-electron chi connectivity index (χ4n) is 7.28. The van der Waals surface area contributed by atoms with Crippen LogP contribution in [-0.2, 0) is 11.3 Å². The van der Waals surface area contributed by atoms with E-state index in [1.165, 1.54) is 18.4 Å². The molecule has 2 saturated carbocycles. The van der Waals surface area contributed by atoms with Crippen LogP contribution < -0.4 is 5.32 Å². The summed E-state index contributed by atoms with van der Waals surface area (Å²) in [5, 5.41) is 16.6. The van der Waals surface area contributed by atoms with E-state index in [4.69, 9.17) is 4.99 Å². The molecule has 0 saturated heterocycles. The third-order valence-corrected chi connectivity index (χ3v) is 10.2. The van der Waals surface area contributed by atoms with Crippen molar-refractivity contribution in [2.24, 2.45) is 21.7 Å². The molecule has 3 aliphatic rings. The summed E-state index contributed by atoms with van der Waals surface area (Å²) in [6, 6.07) is 16.1. The average molecular weight is 624 g/mol. The minimum absolute atomic E-state index is 0.0306. The Morgan fingerprint density at radius 1 is 1.02 bits per heavy atom. The van der Waals surface area contributed by atoms with Gasteiger partial charge in [0, 0.05) is 11.1 Å². The third-order valence-electron chi connectivity index (χ3n) is 10.2. The van der Waals surface area contributed by atoms with Gasteiger partial charge >= 0.3 is 0 Å². The van der Waals surface area contributed by atoms with E-state index in [1.54, 1.807) is 0 Å². The van der Waals surface area contributed by atoms with Gasteiger partial charge in [-0.1, -0.05) is 77.1 Å². The standard InChI is InChI=1S/C37H49N7O2/c1-35(2,3)19-18-30(25-12-14-26(15-13-25)33(45)38-23-31-40-42-43-41-31)44-34(46)32(28-9-7-8-27(22-28)24-10-11-24)39-37(44)20-16-29(17-21-37)36(4,5)6/h7-9,12-15,22,24,29-30H,10-11,16-21,23H2,1-6H3,(H,38,45)(H,40,41,42,43)/t29?,30-,37?/m1/s1. The number of nitrogens with zero attached hydrogens (tertiary/aromatic N) is 5. The largest absolute Gasteiger partial charge is 0.345 e. The predicted molar refractivity (Wildman–Crippen MR) is 179 cm³/mol. The van der Waals surface area contributed by atoms with Crippen LogP contribution in [0.3, 0.4) is 0 Å². The van der Waals surface area contributed by atoms with Crippen molar-refractivity contribution in [3.05, 3.63) is 76.6 Å². The number of aromatic nitrogens is 4.